The molecule has 1 amide bonds. The van der Waals surface area contributed by atoms with Gasteiger partial charge in [-0.2, -0.15) is 0 Å². The van der Waals surface area contributed by atoms with Gasteiger partial charge in [-0.1, -0.05) is 55.0 Å². The van der Waals surface area contributed by atoms with E-state index in [2.05, 4.69) is 17.4 Å². The number of methoxy groups -OCH3 is 1. The highest BCUT2D eigenvalue weighted by molar-refractivity contribution is 5.81. The van der Waals surface area contributed by atoms with Gasteiger partial charge in [0, 0.05) is 13.0 Å². The molecule has 2 N–H and O–H groups in total. The van der Waals surface area contributed by atoms with Crippen LogP contribution in [0.5, 0.6) is 0 Å². The maximum atomic E-state index is 12.5. The van der Waals surface area contributed by atoms with Crippen LogP contribution in [0, 0.1) is 5.92 Å². The Hall–Kier alpha value is -2.86. The Bertz CT molecular complexity index is 882. The van der Waals surface area contributed by atoms with Crippen molar-refractivity contribution in [2.45, 2.75) is 43.7 Å². The molecule has 0 aliphatic heterocycles. The molecule has 2 aliphatic carbocycles. The van der Waals surface area contributed by atoms with Crippen LogP contribution in [0.2, 0.25) is 0 Å². The highest BCUT2D eigenvalue weighted by atomic mass is 16.5. The van der Waals surface area contributed by atoms with Crippen LogP contribution in [0.25, 0.3) is 11.1 Å². The first-order chi connectivity index (χ1) is 14.6. The van der Waals surface area contributed by atoms with Gasteiger partial charge in [-0.05, 0) is 47.4 Å². The van der Waals surface area contributed by atoms with E-state index in [0.717, 1.165) is 41.5 Å². The zero-order valence-electron chi connectivity index (χ0n) is 17.0. The average Bonchev–Trinajstić information content (AvgIpc) is 3.09. The molecule has 30 heavy (non-hydrogen) atoms. The second-order valence-electron chi connectivity index (χ2n) is 8.07. The van der Waals surface area contributed by atoms with Crippen LogP contribution in [-0.2, 0) is 14.3 Å². The van der Waals surface area contributed by atoms with Crippen LogP contribution >= 0.6 is 0 Å². The largest absolute Gasteiger partial charge is 0.480 e. The van der Waals surface area contributed by atoms with Gasteiger partial charge in [-0.3, -0.25) is 0 Å². The summed E-state index contributed by atoms with van der Waals surface area (Å²) < 4.78 is 10.9. The van der Waals surface area contributed by atoms with E-state index < -0.39 is 18.1 Å². The number of carboxylic acids is 1. The van der Waals surface area contributed by atoms with Crippen molar-refractivity contribution < 1.29 is 24.2 Å². The third-order valence-electron chi connectivity index (χ3n) is 6.35. The quantitative estimate of drug-likeness (QED) is 0.748. The van der Waals surface area contributed by atoms with Crippen LogP contribution in [-0.4, -0.2) is 43.0 Å². The van der Waals surface area contributed by atoms with Crippen molar-refractivity contribution in [3.05, 3.63) is 59.7 Å². The minimum Gasteiger partial charge on any atom is -0.480 e. The van der Waals surface area contributed by atoms with Gasteiger partial charge in [0.15, 0.2) is 0 Å². The second-order valence-corrected chi connectivity index (χ2v) is 8.07. The molecule has 1 fully saturated rings. The highest BCUT2D eigenvalue weighted by Gasteiger charge is 2.35. The first-order valence-electron chi connectivity index (χ1n) is 10.5. The third-order valence-corrected chi connectivity index (χ3v) is 6.35. The van der Waals surface area contributed by atoms with Gasteiger partial charge in [0.1, 0.15) is 12.6 Å². The predicted molar refractivity (Wildman–Crippen MR) is 112 cm³/mol. The van der Waals surface area contributed by atoms with Crippen molar-refractivity contribution in [3.8, 4) is 11.1 Å². The number of nitrogens with one attached hydrogen (secondary N) is 1. The van der Waals surface area contributed by atoms with Gasteiger partial charge < -0.3 is 19.9 Å². The number of hydrogen-bond acceptors (Lipinski definition) is 4. The second kappa shape index (κ2) is 8.88. The molecule has 3 unspecified atom stereocenters. The van der Waals surface area contributed by atoms with Crippen LogP contribution in [0.4, 0.5) is 4.79 Å². The molecule has 0 spiro atoms. The molecule has 2 aromatic rings. The first-order valence-corrected chi connectivity index (χ1v) is 10.5. The fourth-order valence-corrected chi connectivity index (χ4v) is 4.85. The summed E-state index contributed by atoms with van der Waals surface area (Å²) in [7, 11) is 1.64. The first kappa shape index (κ1) is 20.4. The zero-order valence-corrected chi connectivity index (χ0v) is 17.0. The summed E-state index contributed by atoms with van der Waals surface area (Å²) in [6.45, 7) is 0.164. The van der Waals surface area contributed by atoms with Gasteiger partial charge in [-0.25, -0.2) is 9.59 Å². The molecule has 4 rings (SSSR count). The zero-order chi connectivity index (χ0) is 21.1. The SMILES string of the molecule is COC1CCCC(C(NC(=O)OCC2c3ccccc3-c3ccccc32)C(=O)O)C1. The maximum absolute atomic E-state index is 12.5. The number of amides is 1. The minimum absolute atomic E-state index is 0.0370. The lowest BCUT2D eigenvalue weighted by molar-refractivity contribution is -0.141. The topological polar surface area (TPSA) is 84.9 Å². The summed E-state index contributed by atoms with van der Waals surface area (Å²) in [6.07, 6.45) is 2.53. The molecular weight excluding hydrogens is 382 g/mol. The van der Waals surface area contributed by atoms with Crippen LogP contribution in [0.1, 0.15) is 42.7 Å². The number of carbonyl (C=O) groups excluding carboxylic acids is 1. The van der Waals surface area contributed by atoms with Gasteiger partial charge in [-0.15, -0.1) is 0 Å². The van der Waals surface area contributed by atoms with Gasteiger partial charge in [0.25, 0.3) is 0 Å². The van der Waals surface area contributed by atoms with Crippen molar-refractivity contribution in [3.63, 3.8) is 0 Å². The Kier molecular flexibility index (Phi) is 6.04. The fourth-order valence-electron chi connectivity index (χ4n) is 4.85. The molecule has 0 radical (unpaired) electrons. The number of ether oxygens (including phenoxy) is 2. The molecule has 158 valence electrons. The molecular formula is C24H27NO5. The van der Waals surface area contributed by atoms with Gasteiger partial charge in [0.2, 0.25) is 0 Å². The Labute approximate surface area is 176 Å². The predicted octanol–water partition coefficient (Wildman–Crippen LogP) is 4.18. The van der Waals surface area contributed by atoms with E-state index in [1.165, 1.54) is 0 Å². The Morgan fingerprint density at radius 2 is 1.70 bits per heavy atom. The summed E-state index contributed by atoms with van der Waals surface area (Å²) in [6, 6.07) is 15.2. The summed E-state index contributed by atoms with van der Waals surface area (Å²) in [4.78, 5) is 24.3. The molecule has 0 heterocycles. The molecule has 1 saturated carbocycles. The Balaban J connectivity index is 1.42. The monoisotopic (exact) mass is 409 g/mol. The van der Waals surface area contributed by atoms with Crippen molar-refractivity contribution in [2.24, 2.45) is 5.92 Å². The normalized spacial score (nSPS) is 21.4. The lowest BCUT2D eigenvalue weighted by Gasteiger charge is -2.32. The summed E-state index contributed by atoms with van der Waals surface area (Å²) >= 11 is 0. The molecule has 2 aromatic carbocycles. The van der Waals surface area contributed by atoms with Crippen LogP contribution in [0.3, 0.4) is 0 Å². The molecule has 0 aromatic heterocycles. The molecule has 6 heteroatoms. The van der Waals surface area contributed by atoms with Crippen LogP contribution < -0.4 is 5.32 Å². The van der Waals surface area contributed by atoms with Crippen molar-refractivity contribution >= 4 is 12.1 Å². The Morgan fingerprint density at radius 3 is 2.30 bits per heavy atom. The smallest absolute Gasteiger partial charge is 0.407 e. The maximum Gasteiger partial charge on any atom is 0.407 e. The summed E-state index contributed by atoms with van der Waals surface area (Å²) in [5, 5.41) is 12.2. The number of alkyl carbamates (subject to hydrolysis) is 1. The van der Waals surface area contributed by atoms with Gasteiger partial charge >= 0.3 is 12.1 Å². The van der Waals surface area contributed by atoms with E-state index in [-0.39, 0.29) is 24.5 Å². The standard InChI is InChI=1S/C24H27NO5/c1-29-16-8-6-7-15(13-16)22(23(26)27)25-24(28)30-14-21-19-11-4-2-9-17(19)18-10-3-5-12-20(18)21/h2-5,9-12,15-16,21-22H,6-8,13-14H2,1H3,(H,25,28)(H,26,27). The number of aliphatic carboxylic acids is 1. The highest BCUT2D eigenvalue weighted by Crippen LogP contribution is 2.44. The number of fused-ring (bicyclic) bond motifs is 3. The van der Waals surface area contributed by atoms with Gasteiger partial charge in [0.05, 0.1) is 6.10 Å². The van der Waals surface area contributed by atoms with E-state index in [1.54, 1.807) is 7.11 Å². The molecule has 2 aliphatic rings. The van der Waals surface area contributed by atoms with Crippen molar-refractivity contribution in [1.82, 2.24) is 5.32 Å². The molecule has 6 nitrogen and oxygen atoms in total. The fraction of sp³-hybridized carbons (Fsp3) is 0.417. The van der Waals surface area contributed by atoms with Crippen molar-refractivity contribution in [1.29, 1.82) is 0 Å². The third kappa shape index (κ3) is 4.05. The summed E-state index contributed by atoms with van der Waals surface area (Å²) in [5.74, 6) is -1.26. The van der Waals surface area contributed by atoms with E-state index in [1.807, 2.05) is 36.4 Å². The molecule has 3 atom stereocenters. The lowest BCUT2D eigenvalue weighted by Crippen LogP contribution is -2.48. The molecule has 0 bridgehead atoms. The Morgan fingerprint density at radius 1 is 1.07 bits per heavy atom. The minimum atomic E-state index is -1.04. The van der Waals surface area contributed by atoms with Crippen LogP contribution in [0.15, 0.2) is 48.5 Å². The van der Waals surface area contributed by atoms with E-state index in [9.17, 15) is 14.7 Å². The van der Waals surface area contributed by atoms with E-state index >= 15 is 0 Å². The number of benzene rings is 2. The lowest BCUT2D eigenvalue weighted by atomic mass is 9.82. The summed E-state index contributed by atoms with van der Waals surface area (Å²) in [5.41, 5.74) is 4.55. The number of rotatable bonds is 6. The van der Waals surface area contributed by atoms with Crippen molar-refractivity contribution in [2.75, 3.05) is 13.7 Å². The van der Waals surface area contributed by atoms with E-state index in [4.69, 9.17) is 9.47 Å². The molecule has 0 saturated heterocycles. The number of carbonyl (C=O) groups is 2. The average molecular weight is 409 g/mol. The van der Waals surface area contributed by atoms with E-state index in [0.29, 0.717) is 6.42 Å². The number of hydrogen-bond donors (Lipinski definition) is 2. The number of carboxylic acid groups (broad SMARTS) is 1.